The lowest BCUT2D eigenvalue weighted by Crippen LogP contribution is -2.45. The van der Waals surface area contributed by atoms with Crippen LogP contribution in [0.5, 0.6) is 0 Å². The van der Waals surface area contributed by atoms with E-state index in [1.807, 2.05) is 0 Å². The van der Waals surface area contributed by atoms with E-state index < -0.39 is 32.8 Å². The lowest BCUT2D eigenvalue weighted by molar-refractivity contribution is -0.387. The van der Waals surface area contributed by atoms with E-state index >= 15 is 0 Å². The van der Waals surface area contributed by atoms with Gasteiger partial charge in [0, 0.05) is 12.1 Å². The average Bonchev–Trinajstić information content (AvgIpc) is 2.40. The predicted octanol–water partition coefficient (Wildman–Crippen LogP) is 1.49. The highest BCUT2D eigenvalue weighted by Gasteiger charge is 2.33. The summed E-state index contributed by atoms with van der Waals surface area (Å²) in [6.45, 7) is 1.51. The number of hydrogen-bond donors (Lipinski definition) is 2. The summed E-state index contributed by atoms with van der Waals surface area (Å²) in [5, 5.41) is 20.9. The van der Waals surface area contributed by atoms with E-state index in [-0.39, 0.29) is 4.90 Å². The van der Waals surface area contributed by atoms with Gasteiger partial charge >= 0.3 is 0 Å². The Morgan fingerprint density at radius 3 is 2.62 bits per heavy atom. The molecule has 2 N–H and O–H groups in total. The maximum atomic E-state index is 12.5. The van der Waals surface area contributed by atoms with Crippen molar-refractivity contribution in [1.29, 1.82) is 0 Å². The van der Waals surface area contributed by atoms with Gasteiger partial charge in [0.05, 0.1) is 11.0 Å². The van der Waals surface area contributed by atoms with Crippen molar-refractivity contribution >= 4 is 15.7 Å². The second kappa shape index (κ2) is 6.08. The number of aryl methyl sites for hydroxylation is 1. The van der Waals surface area contributed by atoms with Gasteiger partial charge in [-0.1, -0.05) is 25.0 Å². The molecule has 0 aromatic heterocycles. The fourth-order valence-corrected chi connectivity index (χ4v) is 4.34. The third-order valence-electron chi connectivity index (χ3n) is 3.69. The molecule has 116 valence electrons. The topological polar surface area (TPSA) is 110 Å². The van der Waals surface area contributed by atoms with E-state index in [9.17, 15) is 23.6 Å². The van der Waals surface area contributed by atoms with Gasteiger partial charge in [0.15, 0.2) is 4.90 Å². The van der Waals surface area contributed by atoms with E-state index in [0.29, 0.717) is 18.4 Å². The smallest absolute Gasteiger partial charge is 0.289 e. The van der Waals surface area contributed by atoms with Gasteiger partial charge in [-0.15, -0.1) is 0 Å². The summed E-state index contributed by atoms with van der Waals surface area (Å²) < 4.78 is 27.3. The van der Waals surface area contributed by atoms with Gasteiger partial charge in [-0.3, -0.25) is 10.1 Å². The van der Waals surface area contributed by atoms with Crippen molar-refractivity contribution in [3.05, 3.63) is 33.9 Å². The summed E-state index contributed by atoms with van der Waals surface area (Å²) in [6.07, 6.45) is 1.98. The first kappa shape index (κ1) is 15.9. The Kier molecular flexibility index (Phi) is 4.60. The Morgan fingerprint density at radius 2 is 2.00 bits per heavy atom. The summed E-state index contributed by atoms with van der Waals surface area (Å²) >= 11 is 0. The highest BCUT2D eigenvalue weighted by Crippen LogP contribution is 2.28. The number of hydrogen-bond acceptors (Lipinski definition) is 5. The van der Waals surface area contributed by atoms with Crippen LogP contribution in [0.2, 0.25) is 0 Å². The molecule has 1 fully saturated rings. The molecule has 0 radical (unpaired) electrons. The zero-order chi connectivity index (χ0) is 15.6. The monoisotopic (exact) mass is 314 g/mol. The van der Waals surface area contributed by atoms with Crippen LogP contribution >= 0.6 is 0 Å². The van der Waals surface area contributed by atoms with Crippen molar-refractivity contribution in [2.45, 2.75) is 49.6 Å². The van der Waals surface area contributed by atoms with Crippen LogP contribution in [0.1, 0.15) is 31.2 Å². The van der Waals surface area contributed by atoms with Gasteiger partial charge in [0.1, 0.15) is 0 Å². The Morgan fingerprint density at radius 1 is 1.33 bits per heavy atom. The number of rotatable bonds is 4. The Balaban J connectivity index is 2.38. The number of nitro groups is 1. The number of aliphatic hydroxyl groups excluding tert-OH is 1. The Bertz CT molecular complexity index is 644. The fraction of sp³-hybridized carbons (Fsp3) is 0.538. The summed E-state index contributed by atoms with van der Waals surface area (Å²) in [7, 11) is -4.05. The van der Waals surface area contributed by atoms with Gasteiger partial charge in [0.25, 0.3) is 5.69 Å². The Hall–Kier alpha value is -1.51. The van der Waals surface area contributed by atoms with Crippen LogP contribution in [0.3, 0.4) is 0 Å². The highest BCUT2D eigenvalue weighted by molar-refractivity contribution is 7.89. The minimum atomic E-state index is -4.05. The number of sulfonamides is 1. The van der Waals surface area contributed by atoms with Gasteiger partial charge in [-0.2, -0.15) is 0 Å². The molecule has 0 spiro atoms. The van der Waals surface area contributed by atoms with E-state index in [4.69, 9.17) is 0 Å². The zero-order valence-corrected chi connectivity index (χ0v) is 12.5. The van der Waals surface area contributed by atoms with Crippen LogP contribution in [-0.4, -0.2) is 30.6 Å². The van der Waals surface area contributed by atoms with Gasteiger partial charge < -0.3 is 5.11 Å². The van der Waals surface area contributed by atoms with Crippen LogP contribution in [0.25, 0.3) is 0 Å². The molecular formula is C13H18N2O5S. The summed E-state index contributed by atoms with van der Waals surface area (Å²) in [4.78, 5) is 10.0. The normalized spacial score (nSPS) is 23.0. The molecule has 8 heteroatoms. The van der Waals surface area contributed by atoms with Crippen LogP contribution in [-0.2, 0) is 10.0 Å². The van der Waals surface area contributed by atoms with Crippen molar-refractivity contribution in [2.75, 3.05) is 0 Å². The fourth-order valence-electron chi connectivity index (χ4n) is 2.64. The number of aliphatic hydroxyl groups is 1. The first-order valence-corrected chi connectivity index (χ1v) is 8.25. The molecule has 2 rings (SSSR count). The molecule has 1 aromatic rings. The summed E-state index contributed by atoms with van der Waals surface area (Å²) in [5.41, 5.74) is -0.144. The van der Waals surface area contributed by atoms with Crippen molar-refractivity contribution in [3.8, 4) is 0 Å². The molecular weight excluding hydrogens is 296 g/mol. The van der Waals surface area contributed by atoms with Crippen molar-refractivity contribution < 1.29 is 18.4 Å². The molecule has 1 aromatic carbocycles. The van der Waals surface area contributed by atoms with Gasteiger partial charge in [-0.05, 0) is 25.3 Å². The molecule has 1 aliphatic carbocycles. The number of nitrogens with one attached hydrogen (secondary N) is 1. The van der Waals surface area contributed by atoms with E-state index in [2.05, 4.69) is 4.72 Å². The Labute approximate surface area is 123 Å². The standard InChI is InChI=1S/C13H18N2O5S/c1-9-5-4-7-11(15(17)18)13(9)21(19,20)14-10-6-2-3-8-12(10)16/h4-5,7,10,12,14,16H,2-3,6,8H2,1H3/t10-,12-/m0/s1. The molecule has 0 unspecified atom stereocenters. The second-order valence-corrected chi connectivity index (χ2v) is 6.91. The maximum absolute atomic E-state index is 12.5. The zero-order valence-electron chi connectivity index (χ0n) is 11.7. The van der Waals surface area contributed by atoms with Crippen LogP contribution in [0.15, 0.2) is 23.1 Å². The molecule has 0 heterocycles. The number of nitrogens with zero attached hydrogens (tertiary/aromatic N) is 1. The number of benzene rings is 1. The quantitative estimate of drug-likeness (QED) is 0.646. The molecule has 0 aliphatic heterocycles. The molecule has 0 saturated heterocycles. The minimum Gasteiger partial charge on any atom is -0.391 e. The maximum Gasteiger partial charge on any atom is 0.289 e. The molecule has 7 nitrogen and oxygen atoms in total. The minimum absolute atomic E-state index is 0.307. The second-order valence-electron chi connectivity index (χ2n) is 5.26. The third-order valence-corrected chi connectivity index (χ3v) is 5.37. The molecule has 1 aliphatic rings. The molecule has 21 heavy (non-hydrogen) atoms. The van der Waals surface area contributed by atoms with Crippen molar-refractivity contribution in [1.82, 2.24) is 4.72 Å². The third kappa shape index (κ3) is 3.39. The van der Waals surface area contributed by atoms with E-state index in [1.165, 1.54) is 25.1 Å². The lowest BCUT2D eigenvalue weighted by Gasteiger charge is -2.28. The summed E-state index contributed by atoms with van der Waals surface area (Å²) in [5.74, 6) is 0. The first-order valence-electron chi connectivity index (χ1n) is 6.77. The number of nitro benzene ring substituents is 1. The predicted molar refractivity (Wildman–Crippen MR) is 76.4 cm³/mol. The van der Waals surface area contributed by atoms with Crippen molar-refractivity contribution in [3.63, 3.8) is 0 Å². The lowest BCUT2D eigenvalue weighted by atomic mass is 9.93. The molecule has 2 atom stereocenters. The molecule has 0 amide bonds. The first-order chi connectivity index (χ1) is 9.83. The van der Waals surface area contributed by atoms with Crippen molar-refractivity contribution in [2.24, 2.45) is 0 Å². The van der Waals surface area contributed by atoms with Crippen LogP contribution in [0, 0.1) is 17.0 Å². The van der Waals surface area contributed by atoms with Crippen LogP contribution < -0.4 is 4.72 Å². The highest BCUT2D eigenvalue weighted by atomic mass is 32.2. The summed E-state index contributed by atoms with van der Waals surface area (Å²) in [6, 6.07) is 3.53. The van der Waals surface area contributed by atoms with Gasteiger partial charge in [0.2, 0.25) is 10.0 Å². The van der Waals surface area contributed by atoms with E-state index in [1.54, 1.807) is 0 Å². The largest absolute Gasteiger partial charge is 0.391 e. The average molecular weight is 314 g/mol. The SMILES string of the molecule is Cc1cccc([N+](=O)[O-])c1S(=O)(=O)N[C@H]1CCCC[C@@H]1O. The van der Waals surface area contributed by atoms with Crippen LogP contribution in [0.4, 0.5) is 5.69 Å². The molecule has 0 bridgehead atoms. The van der Waals surface area contributed by atoms with Gasteiger partial charge in [-0.25, -0.2) is 13.1 Å². The molecule has 1 saturated carbocycles. The van der Waals surface area contributed by atoms with E-state index in [0.717, 1.165) is 12.8 Å².